The van der Waals surface area contributed by atoms with E-state index in [1.807, 2.05) is 24.3 Å². The van der Waals surface area contributed by atoms with Crippen LogP contribution in [0.1, 0.15) is 57.8 Å². The van der Waals surface area contributed by atoms with Gasteiger partial charge in [-0.1, -0.05) is 57.1 Å². The summed E-state index contributed by atoms with van der Waals surface area (Å²) in [5, 5.41) is 9.64. The van der Waals surface area contributed by atoms with Crippen molar-refractivity contribution in [1.29, 1.82) is 0 Å². The summed E-state index contributed by atoms with van der Waals surface area (Å²) in [6, 6.07) is 0. The molecule has 0 spiro atoms. The molecule has 0 atom stereocenters. The van der Waals surface area contributed by atoms with Crippen molar-refractivity contribution in [2.24, 2.45) is 0 Å². The largest absolute Gasteiger partial charge is 0.481 e. The van der Waals surface area contributed by atoms with Crippen LogP contribution in [0, 0.1) is 0 Å². The minimum atomic E-state index is 0.0548. The molecule has 0 aliphatic heterocycles. The number of rotatable bonds is 12. The average Bonchev–Trinajstić information content (AvgIpc) is 2.99. The SMILES string of the molecule is OC(OCCCCCCCCCCCS)=C1C=CC=C1. The number of hydrogen-bond donors (Lipinski definition) is 2. The summed E-state index contributed by atoms with van der Waals surface area (Å²) in [4.78, 5) is 0. The zero-order chi connectivity index (χ0) is 14.5. The van der Waals surface area contributed by atoms with E-state index in [1.54, 1.807) is 0 Å². The van der Waals surface area contributed by atoms with Gasteiger partial charge in [-0.25, -0.2) is 0 Å². The average molecular weight is 296 g/mol. The molecule has 0 unspecified atom stereocenters. The number of aliphatic hydroxyl groups excluding tert-OH is 1. The Balaban J connectivity index is 1.84. The number of aliphatic hydroxyl groups is 1. The number of unbranched alkanes of at least 4 members (excludes halogenated alkanes) is 8. The summed E-state index contributed by atoms with van der Waals surface area (Å²) >= 11 is 4.21. The lowest BCUT2D eigenvalue weighted by Gasteiger charge is -2.06. The Morgan fingerprint density at radius 1 is 0.850 bits per heavy atom. The first-order chi connectivity index (χ1) is 9.84. The summed E-state index contributed by atoms with van der Waals surface area (Å²) in [6.07, 6.45) is 18.9. The molecule has 0 aromatic rings. The van der Waals surface area contributed by atoms with Gasteiger partial charge in [0.25, 0.3) is 5.95 Å². The van der Waals surface area contributed by atoms with Gasteiger partial charge in [0.15, 0.2) is 0 Å². The van der Waals surface area contributed by atoms with E-state index in [9.17, 15) is 5.11 Å². The Morgan fingerprint density at radius 2 is 1.35 bits per heavy atom. The Kier molecular flexibility index (Phi) is 10.3. The lowest BCUT2D eigenvalue weighted by molar-refractivity contribution is 0.0885. The standard InChI is InChI=1S/C17H28O2S/c18-17(16-12-8-9-13-16)19-14-10-6-4-2-1-3-5-7-11-15-20/h8-9,12-13,18,20H,1-7,10-11,14-15H2. The third kappa shape index (κ3) is 8.36. The highest BCUT2D eigenvalue weighted by atomic mass is 32.1. The summed E-state index contributed by atoms with van der Waals surface area (Å²) < 4.78 is 5.32. The molecule has 0 saturated carbocycles. The second kappa shape index (κ2) is 12.0. The molecule has 0 amide bonds. The predicted molar refractivity (Wildman–Crippen MR) is 89.3 cm³/mol. The summed E-state index contributed by atoms with van der Waals surface area (Å²) in [7, 11) is 0. The van der Waals surface area contributed by atoms with Gasteiger partial charge in [0.2, 0.25) is 0 Å². The molecule has 2 nitrogen and oxygen atoms in total. The molecular weight excluding hydrogens is 268 g/mol. The van der Waals surface area contributed by atoms with Gasteiger partial charge in [-0.05, 0) is 30.7 Å². The summed E-state index contributed by atoms with van der Waals surface area (Å²) in [6.45, 7) is 0.610. The molecule has 20 heavy (non-hydrogen) atoms. The van der Waals surface area contributed by atoms with Gasteiger partial charge in [-0.15, -0.1) is 0 Å². The van der Waals surface area contributed by atoms with Crippen LogP contribution in [-0.4, -0.2) is 17.5 Å². The topological polar surface area (TPSA) is 29.5 Å². The van der Waals surface area contributed by atoms with Crippen molar-refractivity contribution in [2.75, 3.05) is 12.4 Å². The first-order valence-electron chi connectivity index (χ1n) is 7.86. The van der Waals surface area contributed by atoms with Gasteiger partial charge in [0, 0.05) is 0 Å². The number of hydrogen-bond acceptors (Lipinski definition) is 3. The van der Waals surface area contributed by atoms with Crippen molar-refractivity contribution >= 4 is 12.6 Å². The number of ether oxygens (including phenoxy) is 1. The number of allylic oxidation sites excluding steroid dienone is 5. The van der Waals surface area contributed by atoms with Crippen LogP contribution in [0.3, 0.4) is 0 Å². The molecule has 0 aromatic carbocycles. The van der Waals surface area contributed by atoms with Gasteiger partial charge >= 0.3 is 0 Å². The van der Waals surface area contributed by atoms with E-state index in [0.29, 0.717) is 6.61 Å². The molecular formula is C17H28O2S. The van der Waals surface area contributed by atoms with E-state index >= 15 is 0 Å². The molecule has 0 saturated heterocycles. The second-order valence-corrected chi connectivity index (χ2v) is 5.68. The fourth-order valence-corrected chi connectivity index (χ4v) is 2.44. The van der Waals surface area contributed by atoms with Crippen molar-refractivity contribution < 1.29 is 9.84 Å². The summed E-state index contributed by atoms with van der Waals surface area (Å²) in [5.41, 5.74) is 0.770. The smallest absolute Gasteiger partial charge is 0.284 e. The van der Waals surface area contributed by atoms with E-state index in [0.717, 1.165) is 17.7 Å². The van der Waals surface area contributed by atoms with Gasteiger partial charge in [-0.3, -0.25) is 0 Å². The van der Waals surface area contributed by atoms with E-state index in [-0.39, 0.29) is 5.95 Å². The molecule has 1 aliphatic carbocycles. The minimum absolute atomic E-state index is 0.0548. The lowest BCUT2D eigenvalue weighted by Crippen LogP contribution is -1.96. The van der Waals surface area contributed by atoms with Crippen molar-refractivity contribution in [1.82, 2.24) is 0 Å². The highest BCUT2D eigenvalue weighted by Crippen LogP contribution is 2.13. The first-order valence-corrected chi connectivity index (χ1v) is 8.49. The molecule has 1 aliphatic rings. The quantitative estimate of drug-likeness (QED) is 0.289. The zero-order valence-electron chi connectivity index (χ0n) is 12.4. The lowest BCUT2D eigenvalue weighted by atomic mass is 10.1. The van der Waals surface area contributed by atoms with E-state index in [1.165, 1.54) is 51.4 Å². The summed E-state index contributed by atoms with van der Waals surface area (Å²) in [5.74, 6) is 1.08. The highest BCUT2D eigenvalue weighted by Gasteiger charge is 2.02. The van der Waals surface area contributed by atoms with Gasteiger partial charge in [-0.2, -0.15) is 12.6 Å². The van der Waals surface area contributed by atoms with Gasteiger partial charge in [0.1, 0.15) is 0 Å². The molecule has 3 heteroatoms. The van der Waals surface area contributed by atoms with Crippen LogP contribution < -0.4 is 0 Å². The molecule has 0 radical (unpaired) electrons. The Hall–Kier alpha value is -0.830. The molecule has 1 rings (SSSR count). The van der Waals surface area contributed by atoms with E-state index in [4.69, 9.17) is 4.74 Å². The van der Waals surface area contributed by atoms with Gasteiger partial charge < -0.3 is 9.84 Å². The van der Waals surface area contributed by atoms with Crippen molar-refractivity contribution in [3.63, 3.8) is 0 Å². The fourth-order valence-electron chi connectivity index (χ4n) is 2.22. The van der Waals surface area contributed by atoms with Crippen LogP contribution in [0.25, 0.3) is 0 Å². The van der Waals surface area contributed by atoms with Crippen LogP contribution in [0.15, 0.2) is 35.8 Å². The van der Waals surface area contributed by atoms with Crippen molar-refractivity contribution in [3.05, 3.63) is 35.8 Å². The third-order valence-electron chi connectivity index (χ3n) is 3.45. The fraction of sp³-hybridized carbons (Fsp3) is 0.647. The monoisotopic (exact) mass is 296 g/mol. The maximum absolute atomic E-state index is 9.64. The normalized spacial score (nSPS) is 13.2. The minimum Gasteiger partial charge on any atom is -0.481 e. The number of thiol groups is 1. The van der Waals surface area contributed by atoms with Gasteiger partial charge in [0.05, 0.1) is 12.2 Å². The molecule has 0 bridgehead atoms. The van der Waals surface area contributed by atoms with Crippen LogP contribution in [0.2, 0.25) is 0 Å². The highest BCUT2D eigenvalue weighted by molar-refractivity contribution is 7.80. The predicted octanol–water partition coefficient (Wildman–Crippen LogP) is 5.34. The third-order valence-corrected chi connectivity index (χ3v) is 3.77. The van der Waals surface area contributed by atoms with Crippen LogP contribution in [0.5, 0.6) is 0 Å². The second-order valence-electron chi connectivity index (χ2n) is 5.23. The molecule has 114 valence electrons. The Bertz CT molecular complexity index is 318. The Labute approximate surface area is 129 Å². The first kappa shape index (κ1) is 17.2. The molecule has 0 fully saturated rings. The molecule has 1 N–H and O–H groups in total. The maximum Gasteiger partial charge on any atom is 0.284 e. The van der Waals surface area contributed by atoms with Crippen LogP contribution in [-0.2, 0) is 4.74 Å². The van der Waals surface area contributed by atoms with Crippen LogP contribution in [0.4, 0.5) is 0 Å². The molecule has 0 aromatic heterocycles. The van der Waals surface area contributed by atoms with Crippen molar-refractivity contribution in [2.45, 2.75) is 57.8 Å². The zero-order valence-corrected chi connectivity index (χ0v) is 13.3. The van der Waals surface area contributed by atoms with Crippen molar-refractivity contribution in [3.8, 4) is 0 Å². The maximum atomic E-state index is 9.64. The van der Waals surface area contributed by atoms with Crippen LogP contribution >= 0.6 is 12.6 Å². The Morgan fingerprint density at radius 3 is 1.90 bits per heavy atom. The van der Waals surface area contributed by atoms with E-state index in [2.05, 4.69) is 12.6 Å². The molecule has 0 heterocycles. The van der Waals surface area contributed by atoms with E-state index < -0.39 is 0 Å².